The van der Waals surface area contributed by atoms with E-state index in [1.807, 2.05) is 27.7 Å². The molecule has 1 amide bonds. The average Bonchev–Trinajstić information content (AvgIpc) is 2.87. The van der Waals surface area contributed by atoms with Crippen molar-refractivity contribution < 1.29 is 12.3 Å². The molecule has 4 nitrogen and oxygen atoms in total. The molecule has 0 bridgehead atoms. The Hall–Kier alpha value is -2.32. The van der Waals surface area contributed by atoms with Gasteiger partial charge in [-0.1, -0.05) is 67.9 Å². The van der Waals surface area contributed by atoms with Crippen molar-refractivity contribution in [2.75, 3.05) is 0 Å². The van der Waals surface area contributed by atoms with Crippen molar-refractivity contribution in [1.29, 1.82) is 0 Å². The third kappa shape index (κ3) is 2.66. The molecule has 1 fully saturated rings. The molecule has 28 heavy (non-hydrogen) atoms. The van der Waals surface area contributed by atoms with Gasteiger partial charge in [-0.05, 0) is 23.8 Å². The number of hydrogen-bond donors (Lipinski definition) is 0. The fraction of sp³-hybridized carbons (Fsp3) is 0.391. The lowest BCUT2D eigenvalue weighted by Crippen LogP contribution is -2.74. The van der Waals surface area contributed by atoms with Crippen LogP contribution < -0.4 is 4.74 Å². The number of hydrogen-bond acceptors (Lipinski definition) is 2. The SMILES string of the molecule is [2H]C1([2H])c2ccccc2C(=O)N1C1C(C)(C)C(Oc2ccc([N+]#[C-])c(Br)c2)C1(C)C. The van der Waals surface area contributed by atoms with Crippen LogP contribution in [0.15, 0.2) is 46.9 Å². The molecule has 1 aliphatic carbocycles. The Morgan fingerprint density at radius 3 is 2.50 bits per heavy atom. The summed E-state index contributed by atoms with van der Waals surface area (Å²) in [5.41, 5.74) is 0.390. The molecule has 1 aliphatic heterocycles. The van der Waals surface area contributed by atoms with Gasteiger partial charge >= 0.3 is 0 Å². The van der Waals surface area contributed by atoms with Gasteiger partial charge in [0.1, 0.15) is 11.9 Å². The summed E-state index contributed by atoms with van der Waals surface area (Å²) >= 11 is 3.40. The van der Waals surface area contributed by atoms with Crippen molar-refractivity contribution >= 4 is 27.5 Å². The van der Waals surface area contributed by atoms with Gasteiger partial charge in [0.15, 0.2) is 0 Å². The highest BCUT2D eigenvalue weighted by atomic mass is 79.9. The molecule has 5 heteroatoms. The fourth-order valence-electron chi connectivity index (χ4n) is 5.12. The summed E-state index contributed by atoms with van der Waals surface area (Å²) in [6, 6.07) is 11.8. The summed E-state index contributed by atoms with van der Waals surface area (Å²) in [5.74, 6) is 0.363. The van der Waals surface area contributed by atoms with E-state index in [1.54, 1.807) is 42.5 Å². The van der Waals surface area contributed by atoms with Crippen molar-refractivity contribution in [3.8, 4) is 5.75 Å². The molecular formula is C23H23BrN2O2. The Bertz CT molecular complexity index is 1070. The normalized spacial score (nSPS) is 27.1. The van der Waals surface area contributed by atoms with E-state index in [2.05, 4.69) is 20.8 Å². The van der Waals surface area contributed by atoms with Crippen LogP contribution in [0.5, 0.6) is 5.75 Å². The molecule has 2 aromatic rings. The largest absolute Gasteiger partial charge is 0.489 e. The number of nitrogens with zero attached hydrogens (tertiary/aromatic N) is 2. The molecule has 144 valence electrons. The van der Waals surface area contributed by atoms with Crippen molar-refractivity contribution in [2.24, 2.45) is 10.8 Å². The average molecular weight is 441 g/mol. The van der Waals surface area contributed by atoms with Crippen LogP contribution in [0.2, 0.25) is 0 Å². The Labute approximate surface area is 177 Å². The third-order valence-corrected chi connectivity index (χ3v) is 6.57. The van der Waals surface area contributed by atoms with E-state index < -0.39 is 17.3 Å². The summed E-state index contributed by atoms with van der Waals surface area (Å²) in [5, 5.41) is 0. The van der Waals surface area contributed by atoms with Crippen molar-refractivity contribution in [3.05, 3.63) is 69.5 Å². The van der Waals surface area contributed by atoms with Gasteiger partial charge in [0, 0.05) is 33.4 Å². The zero-order valence-corrected chi connectivity index (χ0v) is 17.9. The minimum Gasteiger partial charge on any atom is -0.489 e. The van der Waals surface area contributed by atoms with Gasteiger partial charge in [-0.3, -0.25) is 4.79 Å². The first kappa shape index (κ1) is 16.6. The molecule has 1 heterocycles. The monoisotopic (exact) mass is 440 g/mol. The van der Waals surface area contributed by atoms with Crippen LogP contribution >= 0.6 is 15.9 Å². The molecule has 1 saturated carbocycles. The molecule has 0 saturated heterocycles. The van der Waals surface area contributed by atoms with Crippen LogP contribution in [0.1, 0.15) is 46.4 Å². The lowest BCUT2D eigenvalue weighted by molar-refractivity contribution is -0.199. The standard InChI is InChI=1S/C23H23BrN2O2/c1-22(2)20(26-13-14-8-6-7-9-16(14)19(26)27)23(3,4)21(22)28-15-10-11-18(25-5)17(24)12-15/h6-12,20-21H,13H2,1-4H3/i13D2. The van der Waals surface area contributed by atoms with Gasteiger partial charge in [-0.25, -0.2) is 4.85 Å². The van der Waals surface area contributed by atoms with Gasteiger partial charge in [0.2, 0.25) is 5.69 Å². The van der Waals surface area contributed by atoms with Crippen molar-refractivity contribution in [2.45, 2.75) is 46.3 Å². The number of halogens is 1. The third-order valence-electron chi connectivity index (χ3n) is 5.93. The Balaban J connectivity index is 1.67. The second-order valence-corrected chi connectivity index (χ2v) is 9.46. The Kier molecular flexibility index (Phi) is 3.77. The minimum absolute atomic E-state index is 0.243. The minimum atomic E-state index is -1.88. The van der Waals surface area contributed by atoms with Crippen LogP contribution in [-0.2, 0) is 6.50 Å². The highest BCUT2D eigenvalue weighted by Crippen LogP contribution is 2.59. The Morgan fingerprint density at radius 1 is 1.21 bits per heavy atom. The van der Waals surface area contributed by atoms with Gasteiger partial charge in [-0.2, -0.15) is 0 Å². The first-order valence-corrected chi connectivity index (χ1v) is 10.00. The summed E-state index contributed by atoms with van der Waals surface area (Å²) in [4.78, 5) is 18.1. The van der Waals surface area contributed by atoms with Crippen LogP contribution in [0, 0.1) is 17.4 Å². The predicted molar refractivity (Wildman–Crippen MR) is 112 cm³/mol. The number of ether oxygens (including phenoxy) is 1. The van der Waals surface area contributed by atoms with E-state index in [0.717, 1.165) is 0 Å². The van der Waals surface area contributed by atoms with E-state index in [0.29, 0.717) is 27.0 Å². The highest BCUT2D eigenvalue weighted by molar-refractivity contribution is 9.10. The second-order valence-electron chi connectivity index (χ2n) is 8.60. The molecule has 2 aliphatic rings. The van der Waals surface area contributed by atoms with Gasteiger partial charge < -0.3 is 9.64 Å². The van der Waals surface area contributed by atoms with Crippen molar-refractivity contribution in [1.82, 2.24) is 4.90 Å². The number of amides is 1. The number of fused-ring (bicyclic) bond motifs is 1. The Morgan fingerprint density at radius 2 is 1.89 bits per heavy atom. The van der Waals surface area contributed by atoms with E-state index in [-0.39, 0.29) is 18.1 Å². The molecule has 0 N–H and O–H groups in total. The number of carbonyl (C=O) groups excluding carboxylic acids is 1. The molecule has 4 rings (SSSR count). The predicted octanol–water partition coefficient (Wildman–Crippen LogP) is 5.84. The van der Waals surface area contributed by atoms with Gasteiger partial charge in [0.05, 0.1) is 9.31 Å². The maximum Gasteiger partial charge on any atom is 0.254 e. The molecule has 2 aromatic carbocycles. The molecule has 0 radical (unpaired) electrons. The summed E-state index contributed by atoms with van der Waals surface area (Å²) in [6.45, 7) is 13.4. The number of rotatable bonds is 3. The van der Waals surface area contributed by atoms with Crippen molar-refractivity contribution in [3.63, 3.8) is 0 Å². The molecular weight excluding hydrogens is 416 g/mol. The number of benzene rings is 2. The molecule has 0 spiro atoms. The van der Waals surface area contributed by atoms with Gasteiger partial charge in [0.25, 0.3) is 5.91 Å². The van der Waals surface area contributed by atoms with E-state index >= 15 is 0 Å². The molecule has 0 unspecified atom stereocenters. The highest BCUT2D eigenvalue weighted by Gasteiger charge is 2.66. The van der Waals surface area contributed by atoms with E-state index in [4.69, 9.17) is 14.1 Å². The topological polar surface area (TPSA) is 33.9 Å². The van der Waals surface area contributed by atoms with Crippen LogP contribution in [-0.4, -0.2) is 23.0 Å². The first-order valence-electron chi connectivity index (χ1n) is 10.2. The number of carbonyl (C=O) groups is 1. The maximum absolute atomic E-state index is 13.2. The van der Waals surface area contributed by atoms with Crippen LogP contribution in [0.4, 0.5) is 5.69 Å². The zero-order chi connectivity index (χ0) is 22.1. The quantitative estimate of drug-likeness (QED) is 0.561. The van der Waals surface area contributed by atoms with Crippen LogP contribution in [0.25, 0.3) is 4.85 Å². The van der Waals surface area contributed by atoms with Crippen LogP contribution in [0.3, 0.4) is 0 Å². The van der Waals surface area contributed by atoms with Gasteiger partial charge in [-0.15, -0.1) is 0 Å². The fourth-order valence-corrected chi connectivity index (χ4v) is 5.57. The maximum atomic E-state index is 13.2. The summed E-state index contributed by atoms with van der Waals surface area (Å²) in [6.07, 6.45) is -0.243. The first-order chi connectivity index (χ1) is 13.9. The van der Waals surface area contributed by atoms with E-state index in [1.165, 1.54) is 4.90 Å². The lowest BCUT2D eigenvalue weighted by atomic mass is 9.49. The smallest absolute Gasteiger partial charge is 0.254 e. The zero-order valence-electron chi connectivity index (χ0n) is 18.3. The molecule has 0 aromatic heterocycles. The van der Waals surface area contributed by atoms with E-state index in [9.17, 15) is 4.79 Å². The molecule has 0 atom stereocenters. The second kappa shape index (κ2) is 6.35. The lowest BCUT2D eigenvalue weighted by Gasteiger charge is -2.65. The summed E-state index contributed by atoms with van der Waals surface area (Å²) in [7, 11) is 0. The summed E-state index contributed by atoms with van der Waals surface area (Å²) < 4.78 is 24.5.